The van der Waals surface area contributed by atoms with E-state index in [2.05, 4.69) is 24.9 Å². The molecule has 3 heterocycles. The van der Waals surface area contributed by atoms with Crippen molar-refractivity contribution < 1.29 is 36.2 Å². The first-order chi connectivity index (χ1) is 21.6. The number of likely N-dealkylation sites (tertiary alicyclic amines) is 1. The van der Waals surface area contributed by atoms with Gasteiger partial charge in [0, 0.05) is 55.1 Å². The third-order valence-corrected chi connectivity index (χ3v) is 9.51. The van der Waals surface area contributed by atoms with E-state index in [1.54, 1.807) is 7.11 Å². The molecule has 10 nitrogen and oxygen atoms in total. The Kier molecular flexibility index (Phi) is 8.76. The van der Waals surface area contributed by atoms with Crippen LogP contribution in [-0.4, -0.2) is 74.4 Å². The summed E-state index contributed by atoms with van der Waals surface area (Å²) in [7, 11) is -2.88. The van der Waals surface area contributed by atoms with E-state index in [0.29, 0.717) is 12.6 Å². The number of sulfonamides is 1. The van der Waals surface area contributed by atoms with Crippen LogP contribution in [0.5, 0.6) is 5.75 Å². The number of anilines is 2. The monoisotopic (exact) mass is 663 g/mol. The molecule has 0 radical (unpaired) electrons. The van der Waals surface area contributed by atoms with E-state index < -0.39 is 55.3 Å². The summed E-state index contributed by atoms with van der Waals surface area (Å²) in [6.07, 6.45) is 1.88. The number of hydrogen-bond acceptors (Lipinski definition) is 9. The Balaban J connectivity index is 1.26. The first-order valence-corrected chi connectivity index (χ1v) is 16.0. The van der Waals surface area contributed by atoms with Crippen LogP contribution in [0.2, 0.25) is 5.02 Å². The van der Waals surface area contributed by atoms with E-state index in [0.717, 1.165) is 50.7 Å². The number of nitrogens with one attached hydrogen (secondary N) is 2. The summed E-state index contributed by atoms with van der Waals surface area (Å²) in [6.45, 7) is 3.11. The van der Waals surface area contributed by atoms with Gasteiger partial charge in [-0.05, 0) is 49.2 Å². The highest BCUT2D eigenvalue weighted by Crippen LogP contribution is 2.41. The van der Waals surface area contributed by atoms with Gasteiger partial charge in [-0.2, -0.15) is 0 Å². The Morgan fingerprint density at radius 1 is 1.13 bits per heavy atom. The largest absolute Gasteiger partial charge is 0.489 e. The molecular formula is C30H29ClF3N5O5S. The summed E-state index contributed by atoms with van der Waals surface area (Å²) < 4.78 is 85.7. The fourth-order valence-electron chi connectivity index (χ4n) is 5.56. The Morgan fingerprint density at radius 3 is 2.67 bits per heavy atom. The number of aliphatic hydroxyl groups excluding tert-OH is 1. The second-order valence-electron chi connectivity index (χ2n) is 10.8. The van der Waals surface area contributed by atoms with Crippen molar-refractivity contribution in [2.45, 2.75) is 29.9 Å². The van der Waals surface area contributed by atoms with Crippen LogP contribution in [0.1, 0.15) is 24.5 Å². The van der Waals surface area contributed by atoms with Gasteiger partial charge in [-0.15, -0.1) is 0 Å². The Hall–Kier alpha value is -3.69. The standard InChI is InChI=1S/C30H29ClF3N5O5S/c1-43-11-10-39-8-6-17(7-9-39)36-30-35-14-20-22(37-30)4-2-18(27(20)33)26-21(32)3-5-23(28(26)34)38-45(41,42)25-13-16(31)12-19-24(40)15-44-29(19)25/h2-5,12-14,17,24,38,40H,6-11,15H2,1H3,(H,35,36,37)/t24-/m1/s1. The molecule has 0 unspecified atom stereocenters. The molecule has 1 fully saturated rings. The maximum absolute atomic E-state index is 15.8. The molecular weight excluding hydrogens is 635 g/mol. The zero-order valence-electron chi connectivity index (χ0n) is 24.0. The quantitative estimate of drug-likeness (QED) is 0.224. The van der Waals surface area contributed by atoms with Crippen molar-refractivity contribution in [3.05, 3.63) is 70.6 Å². The van der Waals surface area contributed by atoms with Gasteiger partial charge < -0.3 is 24.8 Å². The molecule has 4 aromatic rings. The summed E-state index contributed by atoms with van der Waals surface area (Å²) in [4.78, 5) is 10.5. The number of halogens is 4. The molecule has 1 saturated heterocycles. The highest BCUT2D eigenvalue weighted by molar-refractivity contribution is 7.92. The van der Waals surface area contributed by atoms with E-state index in [1.807, 2.05) is 0 Å². The van der Waals surface area contributed by atoms with Crippen molar-refractivity contribution in [3.63, 3.8) is 0 Å². The molecule has 0 amide bonds. The number of methoxy groups -OCH3 is 1. The SMILES string of the molecule is COCCN1CCC(Nc2ncc3c(F)c(-c4c(F)ccc(NS(=O)(=O)c5cc(Cl)cc6c5OC[C@H]6O)c4F)ccc3n2)CC1. The fraction of sp³-hybridized carbons (Fsp3) is 0.333. The van der Waals surface area contributed by atoms with E-state index >= 15 is 13.2 Å². The van der Waals surface area contributed by atoms with Gasteiger partial charge >= 0.3 is 0 Å². The molecule has 2 aliphatic heterocycles. The molecule has 0 aliphatic carbocycles. The number of benzene rings is 3. The summed E-state index contributed by atoms with van der Waals surface area (Å²) in [5.41, 5.74) is -1.48. The molecule has 0 spiro atoms. The average Bonchev–Trinajstić information content (AvgIpc) is 3.38. The normalized spacial score (nSPS) is 17.3. The Bertz CT molecular complexity index is 1880. The van der Waals surface area contributed by atoms with Crippen molar-refractivity contribution >= 4 is 44.2 Å². The lowest BCUT2D eigenvalue weighted by molar-refractivity contribution is 0.132. The molecule has 0 bridgehead atoms. The molecule has 1 atom stereocenters. The molecule has 1 aromatic heterocycles. The lowest BCUT2D eigenvalue weighted by atomic mass is 10.0. The first-order valence-electron chi connectivity index (χ1n) is 14.1. The summed E-state index contributed by atoms with van der Waals surface area (Å²) in [5.74, 6) is -3.25. The highest BCUT2D eigenvalue weighted by atomic mass is 35.5. The molecule has 2 aliphatic rings. The van der Waals surface area contributed by atoms with Crippen LogP contribution in [0, 0.1) is 17.5 Å². The van der Waals surface area contributed by atoms with E-state index in [1.165, 1.54) is 24.4 Å². The second-order valence-corrected chi connectivity index (χ2v) is 12.9. The fourth-order valence-corrected chi connectivity index (χ4v) is 7.11. The molecule has 6 rings (SSSR count). The van der Waals surface area contributed by atoms with E-state index in [-0.39, 0.29) is 39.9 Å². The Morgan fingerprint density at radius 2 is 1.91 bits per heavy atom. The van der Waals surface area contributed by atoms with Gasteiger partial charge in [0.1, 0.15) is 35.0 Å². The van der Waals surface area contributed by atoms with Gasteiger partial charge in [0.05, 0.1) is 28.8 Å². The first kappa shape index (κ1) is 31.3. The van der Waals surface area contributed by atoms with E-state index in [9.17, 15) is 13.5 Å². The van der Waals surface area contributed by atoms with Crippen LogP contribution >= 0.6 is 11.6 Å². The molecule has 15 heteroatoms. The van der Waals surface area contributed by atoms with Crippen molar-refractivity contribution in [1.82, 2.24) is 14.9 Å². The molecule has 3 aromatic carbocycles. The minimum atomic E-state index is -4.55. The number of rotatable bonds is 9. The molecule has 3 N–H and O–H groups in total. The predicted octanol–water partition coefficient (Wildman–Crippen LogP) is 5.12. The minimum Gasteiger partial charge on any atom is -0.489 e. The molecule has 0 saturated carbocycles. The Labute approximate surface area is 262 Å². The van der Waals surface area contributed by atoms with Gasteiger partial charge in [-0.25, -0.2) is 31.6 Å². The van der Waals surface area contributed by atoms with Crippen LogP contribution in [-0.2, 0) is 14.8 Å². The lowest BCUT2D eigenvalue weighted by Crippen LogP contribution is -2.40. The van der Waals surface area contributed by atoms with Crippen molar-refractivity contribution in [2.24, 2.45) is 0 Å². The summed E-state index contributed by atoms with van der Waals surface area (Å²) in [6, 6.07) is 6.89. The average molecular weight is 664 g/mol. The summed E-state index contributed by atoms with van der Waals surface area (Å²) in [5, 5.41) is 13.3. The highest BCUT2D eigenvalue weighted by Gasteiger charge is 2.32. The topological polar surface area (TPSA) is 126 Å². The number of hydrogen-bond donors (Lipinski definition) is 3. The minimum absolute atomic E-state index is 0.00100. The smallest absolute Gasteiger partial charge is 0.265 e. The third kappa shape index (κ3) is 6.25. The van der Waals surface area contributed by atoms with Crippen LogP contribution in [0.15, 0.2) is 47.5 Å². The van der Waals surface area contributed by atoms with Crippen molar-refractivity contribution in [3.8, 4) is 16.9 Å². The predicted molar refractivity (Wildman–Crippen MR) is 163 cm³/mol. The number of fused-ring (bicyclic) bond motifs is 2. The maximum atomic E-state index is 15.8. The maximum Gasteiger partial charge on any atom is 0.265 e. The number of nitrogens with zero attached hydrogens (tertiary/aromatic N) is 3. The molecule has 45 heavy (non-hydrogen) atoms. The number of piperidine rings is 1. The van der Waals surface area contributed by atoms with Gasteiger partial charge in [-0.1, -0.05) is 11.6 Å². The number of aromatic nitrogens is 2. The van der Waals surface area contributed by atoms with Gasteiger partial charge in [0.15, 0.2) is 5.82 Å². The van der Waals surface area contributed by atoms with E-state index in [4.69, 9.17) is 21.1 Å². The third-order valence-electron chi connectivity index (χ3n) is 7.92. The zero-order chi connectivity index (χ0) is 31.9. The van der Waals surface area contributed by atoms with Crippen LogP contribution in [0.4, 0.5) is 24.8 Å². The second kappa shape index (κ2) is 12.6. The molecule has 238 valence electrons. The number of ether oxygens (including phenoxy) is 2. The van der Waals surface area contributed by atoms with Crippen molar-refractivity contribution in [1.29, 1.82) is 0 Å². The van der Waals surface area contributed by atoms with Crippen LogP contribution in [0.25, 0.3) is 22.0 Å². The lowest BCUT2D eigenvalue weighted by Gasteiger charge is -2.32. The van der Waals surface area contributed by atoms with Gasteiger partial charge in [-0.3, -0.25) is 4.72 Å². The van der Waals surface area contributed by atoms with Gasteiger partial charge in [0.2, 0.25) is 5.95 Å². The van der Waals surface area contributed by atoms with Crippen LogP contribution < -0.4 is 14.8 Å². The number of aliphatic hydroxyl groups is 1. The van der Waals surface area contributed by atoms with Crippen molar-refractivity contribution in [2.75, 3.05) is 50.0 Å². The van der Waals surface area contributed by atoms with Crippen LogP contribution in [0.3, 0.4) is 0 Å². The summed E-state index contributed by atoms with van der Waals surface area (Å²) >= 11 is 6.06. The van der Waals surface area contributed by atoms with Gasteiger partial charge in [0.25, 0.3) is 10.0 Å². The zero-order valence-corrected chi connectivity index (χ0v) is 25.6.